The lowest BCUT2D eigenvalue weighted by Gasteiger charge is -2.27. The highest BCUT2D eigenvalue weighted by molar-refractivity contribution is 7.80. The van der Waals surface area contributed by atoms with E-state index in [9.17, 15) is 0 Å². The van der Waals surface area contributed by atoms with Gasteiger partial charge in [0.2, 0.25) is 6.79 Å². The molecule has 2 heterocycles. The standard InChI is InChI=1S/C27H24Cl2N4O2S/c28-23-8-4-5-20(26(23)29)16-32(27(36)31-21-6-2-1-3-7-21)12-11-22-14-30-17-33(22)15-19-9-10-24-25(13-19)35-18-34-24/h1-10,13-14,17H,11-12,15-16,18H2,(H,31,36). The molecular formula is C27H24Cl2N4O2S. The van der Waals surface area contributed by atoms with Crippen LogP contribution in [0.5, 0.6) is 11.5 Å². The van der Waals surface area contributed by atoms with Crippen LogP contribution in [0.2, 0.25) is 10.0 Å². The van der Waals surface area contributed by atoms with Crippen molar-refractivity contribution >= 4 is 46.2 Å². The van der Waals surface area contributed by atoms with Crippen LogP contribution in [0.25, 0.3) is 0 Å². The number of ether oxygens (including phenoxy) is 2. The minimum atomic E-state index is 0.262. The van der Waals surface area contributed by atoms with E-state index in [-0.39, 0.29) is 6.79 Å². The summed E-state index contributed by atoms with van der Waals surface area (Å²) >= 11 is 18.6. The van der Waals surface area contributed by atoms with E-state index < -0.39 is 0 Å². The average molecular weight is 539 g/mol. The molecule has 0 aliphatic carbocycles. The number of rotatable bonds is 8. The predicted molar refractivity (Wildman–Crippen MR) is 147 cm³/mol. The van der Waals surface area contributed by atoms with Gasteiger partial charge in [0.15, 0.2) is 16.6 Å². The summed E-state index contributed by atoms with van der Waals surface area (Å²) in [5.74, 6) is 1.55. The molecule has 0 saturated carbocycles. The summed E-state index contributed by atoms with van der Waals surface area (Å²) in [6.07, 6.45) is 4.48. The summed E-state index contributed by atoms with van der Waals surface area (Å²) in [5.41, 5.74) is 4.05. The van der Waals surface area contributed by atoms with Crippen LogP contribution in [0.4, 0.5) is 5.69 Å². The van der Waals surface area contributed by atoms with Crippen LogP contribution >= 0.6 is 35.4 Å². The first-order valence-electron chi connectivity index (χ1n) is 11.5. The summed E-state index contributed by atoms with van der Waals surface area (Å²) in [6, 6.07) is 21.5. The molecule has 4 aromatic rings. The fourth-order valence-electron chi connectivity index (χ4n) is 4.04. The number of fused-ring (bicyclic) bond motifs is 1. The van der Waals surface area contributed by atoms with Gasteiger partial charge in [0.05, 0.1) is 16.4 Å². The summed E-state index contributed by atoms with van der Waals surface area (Å²) in [7, 11) is 0. The highest BCUT2D eigenvalue weighted by Gasteiger charge is 2.17. The Bertz CT molecular complexity index is 1360. The lowest BCUT2D eigenvalue weighted by molar-refractivity contribution is 0.174. The van der Waals surface area contributed by atoms with Crippen LogP contribution in [0.1, 0.15) is 16.8 Å². The van der Waals surface area contributed by atoms with Crippen LogP contribution in [-0.4, -0.2) is 32.9 Å². The summed E-state index contributed by atoms with van der Waals surface area (Å²) in [6.45, 7) is 2.13. The molecule has 0 atom stereocenters. The largest absolute Gasteiger partial charge is 0.454 e. The SMILES string of the molecule is S=C(Nc1ccccc1)N(CCc1cncn1Cc1ccc2c(c1)OCO2)Cc1cccc(Cl)c1Cl. The highest BCUT2D eigenvalue weighted by atomic mass is 35.5. The Morgan fingerprint density at radius 2 is 1.86 bits per heavy atom. The maximum Gasteiger partial charge on any atom is 0.231 e. The second-order valence-electron chi connectivity index (χ2n) is 8.38. The Labute approximate surface area is 225 Å². The molecule has 0 fully saturated rings. The molecule has 3 aromatic carbocycles. The Morgan fingerprint density at radius 1 is 1.03 bits per heavy atom. The molecule has 0 bridgehead atoms. The zero-order valence-electron chi connectivity index (χ0n) is 19.4. The van der Waals surface area contributed by atoms with Crippen molar-refractivity contribution in [3.8, 4) is 11.5 Å². The van der Waals surface area contributed by atoms with Crippen molar-refractivity contribution in [1.82, 2.24) is 14.5 Å². The second kappa shape index (κ2) is 11.2. The van der Waals surface area contributed by atoms with Crippen molar-refractivity contribution < 1.29 is 9.47 Å². The molecule has 0 unspecified atom stereocenters. The molecular weight excluding hydrogens is 515 g/mol. The van der Waals surface area contributed by atoms with Gasteiger partial charge in [-0.15, -0.1) is 0 Å². The van der Waals surface area contributed by atoms with E-state index in [1.54, 1.807) is 6.07 Å². The Morgan fingerprint density at radius 3 is 2.72 bits per heavy atom. The van der Waals surface area contributed by atoms with Crippen LogP contribution in [-0.2, 0) is 19.5 Å². The van der Waals surface area contributed by atoms with Gasteiger partial charge in [-0.2, -0.15) is 0 Å². The molecule has 1 N–H and O–H groups in total. The van der Waals surface area contributed by atoms with Crippen molar-refractivity contribution in [3.63, 3.8) is 0 Å². The molecule has 1 aliphatic rings. The van der Waals surface area contributed by atoms with E-state index in [0.29, 0.717) is 34.8 Å². The number of halogens is 2. The van der Waals surface area contributed by atoms with Crippen molar-refractivity contribution in [2.75, 3.05) is 18.7 Å². The molecule has 1 aromatic heterocycles. The summed E-state index contributed by atoms with van der Waals surface area (Å²) in [5, 5.41) is 5.02. The Balaban J connectivity index is 1.31. The number of hydrogen-bond donors (Lipinski definition) is 1. The van der Waals surface area contributed by atoms with Crippen LogP contribution < -0.4 is 14.8 Å². The highest BCUT2D eigenvalue weighted by Crippen LogP contribution is 2.33. The number of imidazole rings is 1. The molecule has 184 valence electrons. The molecule has 0 radical (unpaired) electrons. The van der Waals surface area contributed by atoms with Gasteiger partial charge in [0, 0.05) is 43.6 Å². The van der Waals surface area contributed by atoms with Gasteiger partial charge in [-0.05, 0) is 53.7 Å². The monoisotopic (exact) mass is 538 g/mol. The van der Waals surface area contributed by atoms with Crippen molar-refractivity contribution in [2.24, 2.45) is 0 Å². The lowest BCUT2D eigenvalue weighted by atomic mass is 10.2. The maximum atomic E-state index is 6.50. The Hall–Kier alpha value is -3.26. The normalized spacial score (nSPS) is 11.9. The van der Waals surface area contributed by atoms with E-state index in [1.807, 2.05) is 73.2 Å². The van der Waals surface area contributed by atoms with Gasteiger partial charge in [0.25, 0.3) is 0 Å². The van der Waals surface area contributed by atoms with E-state index in [2.05, 4.69) is 19.8 Å². The van der Waals surface area contributed by atoms with Gasteiger partial charge in [0.1, 0.15) is 0 Å². The van der Waals surface area contributed by atoms with Gasteiger partial charge < -0.3 is 24.3 Å². The van der Waals surface area contributed by atoms with E-state index in [0.717, 1.165) is 40.4 Å². The fourth-order valence-corrected chi connectivity index (χ4v) is 4.69. The van der Waals surface area contributed by atoms with Crippen molar-refractivity contribution in [3.05, 3.63) is 106 Å². The number of nitrogens with zero attached hydrogens (tertiary/aromatic N) is 3. The molecule has 0 spiro atoms. The number of para-hydroxylation sites is 1. The second-order valence-corrected chi connectivity index (χ2v) is 9.55. The number of benzene rings is 3. The zero-order chi connectivity index (χ0) is 24.9. The number of thiocarbonyl (C=S) groups is 1. The summed E-state index contributed by atoms with van der Waals surface area (Å²) in [4.78, 5) is 6.49. The average Bonchev–Trinajstić information content (AvgIpc) is 3.54. The van der Waals surface area contributed by atoms with Crippen molar-refractivity contribution in [2.45, 2.75) is 19.5 Å². The van der Waals surface area contributed by atoms with E-state index >= 15 is 0 Å². The first-order valence-corrected chi connectivity index (χ1v) is 12.6. The minimum Gasteiger partial charge on any atom is -0.454 e. The quantitative estimate of drug-likeness (QED) is 0.261. The molecule has 6 nitrogen and oxygen atoms in total. The third-order valence-electron chi connectivity index (χ3n) is 5.93. The third kappa shape index (κ3) is 5.75. The number of aromatic nitrogens is 2. The zero-order valence-corrected chi connectivity index (χ0v) is 21.7. The van der Waals surface area contributed by atoms with Crippen LogP contribution in [0.15, 0.2) is 79.3 Å². The van der Waals surface area contributed by atoms with Gasteiger partial charge in [-0.3, -0.25) is 0 Å². The van der Waals surface area contributed by atoms with Gasteiger partial charge in [-0.1, -0.05) is 59.6 Å². The van der Waals surface area contributed by atoms with Crippen LogP contribution in [0, 0.1) is 0 Å². The third-order valence-corrected chi connectivity index (χ3v) is 7.15. The molecule has 0 saturated heterocycles. The lowest BCUT2D eigenvalue weighted by Crippen LogP contribution is -2.36. The van der Waals surface area contributed by atoms with Gasteiger partial charge >= 0.3 is 0 Å². The minimum absolute atomic E-state index is 0.262. The fraction of sp³-hybridized carbons (Fsp3) is 0.185. The predicted octanol–water partition coefficient (Wildman–Crippen LogP) is 6.41. The first-order chi connectivity index (χ1) is 17.6. The maximum absolute atomic E-state index is 6.50. The number of hydrogen-bond acceptors (Lipinski definition) is 4. The molecule has 1 aliphatic heterocycles. The topological polar surface area (TPSA) is 51.6 Å². The molecule has 36 heavy (non-hydrogen) atoms. The van der Waals surface area contributed by atoms with E-state index in [4.69, 9.17) is 44.9 Å². The van der Waals surface area contributed by atoms with Crippen molar-refractivity contribution in [1.29, 1.82) is 0 Å². The number of anilines is 1. The van der Waals surface area contributed by atoms with Gasteiger partial charge in [-0.25, -0.2) is 4.98 Å². The molecule has 9 heteroatoms. The summed E-state index contributed by atoms with van der Waals surface area (Å²) < 4.78 is 13.1. The smallest absolute Gasteiger partial charge is 0.231 e. The van der Waals surface area contributed by atoms with Crippen LogP contribution in [0.3, 0.4) is 0 Å². The Kier molecular flexibility index (Phi) is 7.60. The van der Waals surface area contributed by atoms with E-state index in [1.165, 1.54) is 0 Å². The molecule has 0 amide bonds. The first kappa shape index (κ1) is 24.4. The number of nitrogens with one attached hydrogen (secondary N) is 1. The molecule has 5 rings (SSSR count).